The molecule has 118 valence electrons. The maximum absolute atomic E-state index is 12.9. The number of hydrogen-bond donors (Lipinski definition) is 1. The first-order chi connectivity index (χ1) is 10.4. The van der Waals surface area contributed by atoms with Crippen LogP contribution in [0.2, 0.25) is 0 Å². The quantitative estimate of drug-likeness (QED) is 0.903. The number of alkyl halides is 3. The van der Waals surface area contributed by atoms with E-state index in [0.29, 0.717) is 19.4 Å². The van der Waals surface area contributed by atoms with Gasteiger partial charge in [0.25, 0.3) is 5.78 Å². The number of fused-ring (bicyclic) bond motifs is 1. The van der Waals surface area contributed by atoms with Crippen molar-refractivity contribution in [1.29, 1.82) is 0 Å². The molecule has 1 aliphatic rings. The van der Waals surface area contributed by atoms with Gasteiger partial charge in [-0.05, 0) is 12.8 Å². The van der Waals surface area contributed by atoms with Crippen molar-refractivity contribution < 1.29 is 23.1 Å². The summed E-state index contributed by atoms with van der Waals surface area (Å²) in [7, 11) is 0. The highest BCUT2D eigenvalue weighted by Crippen LogP contribution is 2.31. The van der Waals surface area contributed by atoms with E-state index in [0.717, 1.165) is 12.4 Å². The molecule has 22 heavy (non-hydrogen) atoms. The van der Waals surface area contributed by atoms with Crippen LogP contribution in [0.15, 0.2) is 12.4 Å². The summed E-state index contributed by atoms with van der Waals surface area (Å²) in [4.78, 5) is 19.8. The zero-order valence-corrected chi connectivity index (χ0v) is 11.3. The van der Waals surface area contributed by atoms with Crippen LogP contribution in [0.1, 0.15) is 18.5 Å². The average Bonchev–Trinajstić information content (AvgIpc) is 2.93. The Morgan fingerprint density at radius 1 is 1.41 bits per heavy atom. The van der Waals surface area contributed by atoms with Gasteiger partial charge in [-0.2, -0.15) is 27.8 Å². The third-order valence-electron chi connectivity index (χ3n) is 3.62. The van der Waals surface area contributed by atoms with Crippen LogP contribution >= 0.6 is 0 Å². The molecule has 0 radical (unpaired) electrons. The number of nitrogens with zero attached hydrogens (tertiary/aromatic N) is 5. The molecule has 1 N–H and O–H groups in total. The normalized spacial score (nSPS) is 19.6. The van der Waals surface area contributed by atoms with E-state index in [1.165, 1.54) is 4.52 Å². The molecule has 0 saturated carbocycles. The van der Waals surface area contributed by atoms with Crippen molar-refractivity contribution in [2.45, 2.75) is 19.0 Å². The van der Waals surface area contributed by atoms with Gasteiger partial charge in [-0.15, -0.1) is 0 Å². The van der Waals surface area contributed by atoms with Gasteiger partial charge in [0.15, 0.2) is 5.69 Å². The van der Waals surface area contributed by atoms with Gasteiger partial charge in [0.05, 0.1) is 5.92 Å². The summed E-state index contributed by atoms with van der Waals surface area (Å²) >= 11 is 0. The fraction of sp³-hybridized carbons (Fsp3) is 0.500. The fourth-order valence-corrected chi connectivity index (χ4v) is 2.55. The average molecular weight is 315 g/mol. The zero-order valence-electron chi connectivity index (χ0n) is 11.3. The molecule has 0 unspecified atom stereocenters. The van der Waals surface area contributed by atoms with Crippen LogP contribution in [0.3, 0.4) is 0 Å². The number of piperidine rings is 1. The van der Waals surface area contributed by atoms with Gasteiger partial charge in [0, 0.05) is 19.2 Å². The molecule has 2 aromatic heterocycles. The second kappa shape index (κ2) is 5.11. The summed E-state index contributed by atoms with van der Waals surface area (Å²) in [6.07, 6.45) is -2.41. The number of carboxylic acid groups (broad SMARTS) is 1. The van der Waals surface area contributed by atoms with Gasteiger partial charge >= 0.3 is 12.1 Å². The van der Waals surface area contributed by atoms with E-state index in [4.69, 9.17) is 5.11 Å². The first kappa shape index (κ1) is 14.5. The summed E-state index contributed by atoms with van der Waals surface area (Å²) in [5, 5.41) is 13.0. The van der Waals surface area contributed by atoms with E-state index in [1.807, 2.05) is 0 Å². The zero-order chi connectivity index (χ0) is 15.9. The lowest BCUT2D eigenvalue weighted by atomic mass is 9.98. The summed E-state index contributed by atoms with van der Waals surface area (Å²) < 4.78 is 40.0. The maximum atomic E-state index is 12.9. The van der Waals surface area contributed by atoms with E-state index in [9.17, 15) is 18.0 Å². The van der Waals surface area contributed by atoms with E-state index >= 15 is 0 Å². The maximum Gasteiger partial charge on any atom is 0.433 e. The van der Waals surface area contributed by atoms with Crippen molar-refractivity contribution in [3.8, 4) is 0 Å². The smallest absolute Gasteiger partial charge is 0.433 e. The van der Waals surface area contributed by atoms with Crippen LogP contribution in [0, 0.1) is 5.92 Å². The van der Waals surface area contributed by atoms with Crippen molar-refractivity contribution in [1.82, 2.24) is 19.6 Å². The fourth-order valence-electron chi connectivity index (χ4n) is 2.55. The molecular formula is C12H12F3N5O2. The molecule has 1 aliphatic heterocycles. The molecular weight excluding hydrogens is 303 g/mol. The van der Waals surface area contributed by atoms with E-state index in [2.05, 4.69) is 15.1 Å². The van der Waals surface area contributed by atoms with Crippen molar-refractivity contribution >= 4 is 17.6 Å². The van der Waals surface area contributed by atoms with Crippen LogP contribution in [0.5, 0.6) is 0 Å². The van der Waals surface area contributed by atoms with Crippen molar-refractivity contribution in [2.24, 2.45) is 5.92 Å². The first-order valence-electron chi connectivity index (χ1n) is 6.62. The Morgan fingerprint density at radius 2 is 2.18 bits per heavy atom. The summed E-state index contributed by atoms with van der Waals surface area (Å²) in [5.41, 5.74) is -1.07. The highest BCUT2D eigenvalue weighted by atomic mass is 19.4. The molecule has 7 nitrogen and oxygen atoms in total. The number of carbonyl (C=O) groups is 1. The number of rotatable bonds is 2. The molecule has 2 aromatic rings. The molecule has 1 saturated heterocycles. The van der Waals surface area contributed by atoms with Gasteiger partial charge in [0.1, 0.15) is 12.1 Å². The lowest BCUT2D eigenvalue weighted by Gasteiger charge is -2.32. The molecule has 0 bridgehead atoms. The Kier molecular flexibility index (Phi) is 3.38. The van der Waals surface area contributed by atoms with E-state index in [-0.39, 0.29) is 18.1 Å². The van der Waals surface area contributed by atoms with Gasteiger partial charge in [0.2, 0.25) is 0 Å². The van der Waals surface area contributed by atoms with Crippen LogP contribution in [0.25, 0.3) is 5.78 Å². The van der Waals surface area contributed by atoms with E-state index in [1.54, 1.807) is 4.90 Å². The molecule has 0 amide bonds. The van der Waals surface area contributed by atoms with Crippen LogP contribution in [0.4, 0.5) is 19.0 Å². The number of hydrogen-bond acceptors (Lipinski definition) is 5. The lowest BCUT2D eigenvalue weighted by molar-refractivity contribution is -0.142. The minimum atomic E-state index is -4.61. The Balaban J connectivity index is 2.05. The van der Waals surface area contributed by atoms with E-state index < -0.39 is 23.8 Å². The lowest BCUT2D eigenvalue weighted by Crippen LogP contribution is -2.40. The number of aliphatic carboxylic acids is 1. The number of carboxylic acids is 1. The second-order valence-corrected chi connectivity index (χ2v) is 5.09. The third-order valence-corrected chi connectivity index (χ3v) is 3.62. The molecule has 0 aromatic carbocycles. The first-order valence-corrected chi connectivity index (χ1v) is 6.62. The molecule has 3 rings (SSSR count). The topological polar surface area (TPSA) is 83.6 Å². The SMILES string of the molecule is O=C(O)[C@@H]1CCCN(c2cc(C(F)(F)F)nc3ncnn23)C1. The number of anilines is 1. The Labute approximate surface area is 122 Å². The highest BCUT2D eigenvalue weighted by molar-refractivity contribution is 5.71. The summed E-state index contributed by atoms with van der Waals surface area (Å²) in [5.74, 6) is -1.58. The second-order valence-electron chi connectivity index (χ2n) is 5.09. The molecule has 0 spiro atoms. The predicted octanol–water partition coefficient (Wildman–Crippen LogP) is 1.44. The molecule has 1 atom stereocenters. The van der Waals surface area contributed by atoms with Crippen molar-refractivity contribution in [3.63, 3.8) is 0 Å². The summed E-state index contributed by atoms with van der Waals surface area (Å²) in [6.45, 7) is 0.589. The minimum Gasteiger partial charge on any atom is -0.481 e. The molecule has 0 aliphatic carbocycles. The molecule has 3 heterocycles. The summed E-state index contributed by atoms with van der Waals surface area (Å²) in [6, 6.07) is 0.881. The minimum absolute atomic E-state index is 0.131. The monoisotopic (exact) mass is 315 g/mol. The number of halogens is 3. The van der Waals surface area contributed by atoms with Crippen LogP contribution in [-0.4, -0.2) is 43.7 Å². The van der Waals surface area contributed by atoms with Gasteiger partial charge in [-0.25, -0.2) is 4.98 Å². The largest absolute Gasteiger partial charge is 0.481 e. The molecule has 1 fully saturated rings. The van der Waals surface area contributed by atoms with Crippen LogP contribution in [-0.2, 0) is 11.0 Å². The van der Waals surface area contributed by atoms with Crippen LogP contribution < -0.4 is 4.90 Å². The predicted molar refractivity (Wildman–Crippen MR) is 68.4 cm³/mol. The third kappa shape index (κ3) is 2.55. The van der Waals surface area contributed by atoms with Gasteiger partial charge in [-0.3, -0.25) is 4.79 Å². The Hall–Kier alpha value is -2.39. The Bertz CT molecular complexity index is 714. The highest BCUT2D eigenvalue weighted by Gasteiger charge is 2.35. The van der Waals surface area contributed by atoms with Crippen molar-refractivity contribution in [2.75, 3.05) is 18.0 Å². The van der Waals surface area contributed by atoms with Gasteiger partial charge < -0.3 is 10.0 Å². The molecule has 10 heteroatoms. The Morgan fingerprint density at radius 3 is 2.86 bits per heavy atom. The van der Waals surface area contributed by atoms with Gasteiger partial charge in [-0.1, -0.05) is 0 Å². The van der Waals surface area contributed by atoms with Crippen molar-refractivity contribution in [3.05, 3.63) is 18.1 Å². The standard InChI is InChI=1S/C12H12F3N5O2/c13-12(14,15)8-4-9(20-11(18-8)16-6-17-20)19-3-1-2-7(5-19)10(21)22/h4,6-7H,1-3,5H2,(H,21,22)/t7-/m1/s1. The number of aromatic nitrogens is 4.